The number of carbonyl (C=O) groups is 1. The van der Waals surface area contributed by atoms with Crippen molar-refractivity contribution in [3.8, 4) is 0 Å². The van der Waals surface area contributed by atoms with Gasteiger partial charge >= 0.3 is 0 Å². The largest absolute Gasteiger partial charge is 0.397 e. The molecule has 2 rings (SSSR count). The van der Waals surface area contributed by atoms with Crippen LogP contribution in [0.15, 0.2) is 40.5 Å². The Morgan fingerprint density at radius 3 is 2.78 bits per heavy atom. The van der Waals surface area contributed by atoms with Gasteiger partial charge < -0.3 is 11.1 Å². The number of nitrogens with two attached hydrogens (primary N) is 1. The Kier molecular flexibility index (Phi) is 3.73. The second-order valence-electron chi connectivity index (χ2n) is 3.35. The summed E-state index contributed by atoms with van der Waals surface area (Å²) >= 11 is 1.37. The lowest BCUT2D eigenvalue weighted by molar-refractivity contribution is 0.0957. The van der Waals surface area contributed by atoms with Crippen LogP contribution in [-0.2, 0) is 0 Å². The molecule has 0 aliphatic rings. The summed E-state index contributed by atoms with van der Waals surface area (Å²) in [7, 11) is 1.55. The van der Waals surface area contributed by atoms with Crippen LogP contribution in [0, 0.1) is 0 Å². The summed E-state index contributed by atoms with van der Waals surface area (Å²) in [5, 5.41) is 10.9. The third kappa shape index (κ3) is 2.75. The van der Waals surface area contributed by atoms with E-state index in [9.17, 15) is 4.79 Å². The normalized spacial score (nSPS) is 10.1. The molecule has 0 bridgehead atoms. The van der Waals surface area contributed by atoms with E-state index in [0.29, 0.717) is 10.7 Å². The van der Waals surface area contributed by atoms with Crippen LogP contribution in [0.1, 0.15) is 10.5 Å². The third-order valence-corrected chi connectivity index (χ3v) is 3.14. The van der Waals surface area contributed by atoms with Gasteiger partial charge in [-0.2, -0.15) is 0 Å². The molecule has 0 unspecified atom stereocenters. The lowest BCUT2D eigenvalue weighted by atomic mass is 10.4. The van der Waals surface area contributed by atoms with Crippen molar-refractivity contribution in [2.75, 3.05) is 12.8 Å². The number of anilines is 1. The molecule has 7 heteroatoms. The number of nitrogens with one attached hydrogen (secondary N) is 1. The van der Waals surface area contributed by atoms with Gasteiger partial charge in [-0.25, -0.2) is 0 Å². The van der Waals surface area contributed by atoms with Crippen LogP contribution < -0.4 is 11.1 Å². The summed E-state index contributed by atoms with van der Waals surface area (Å²) in [4.78, 5) is 16.0. The number of rotatable bonds is 3. The second kappa shape index (κ2) is 5.46. The molecule has 0 aliphatic carbocycles. The summed E-state index contributed by atoms with van der Waals surface area (Å²) < 4.78 is 0. The van der Waals surface area contributed by atoms with Crippen LogP contribution in [0.2, 0.25) is 0 Å². The van der Waals surface area contributed by atoms with Gasteiger partial charge in [0, 0.05) is 18.1 Å². The lowest BCUT2D eigenvalue weighted by Crippen LogP contribution is -2.19. The zero-order valence-corrected chi connectivity index (χ0v) is 10.4. The first-order chi connectivity index (χ1) is 8.70. The van der Waals surface area contributed by atoms with Gasteiger partial charge in [-0.1, -0.05) is 11.8 Å². The van der Waals surface area contributed by atoms with Crippen LogP contribution in [0.3, 0.4) is 0 Å². The van der Waals surface area contributed by atoms with E-state index in [2.05, 4.69) is 20.5 Å². The fourth-order valence-corrected chi connectivity index (χ4v) is 1.97. The molecule has 0 atom stereocenters. The molecule has 0 saturated carbocycles. The smallest absolute Gasteiger partial charge is 0.271 e. The van der Waals surface area contributed by atoms with Crippen LogP contribution in [0.5, 0.6) is 0 Å². The predicted octanol–water partition coefficient (Wildman–Crippen LogP) is 0.965. The quantitative estimate of drug-likeness (QED) is 0.854. The molecule has 2 heterocycles. The number of pyridine rings is 1. The maximum atomic E-state index is 11.3. The molecule has 0 aliphatic heterocycles. The Hall–Kier alpha value is -2.15. The van der Waals surface area contributed by atoms with Gasteiger partial charge in [0.15, 0.2) is 5.69 Å². The molecule has 92 valence electrons. The minimum atomic E-state index is -0.262. The molecule has 0 spiro atoms. The van der Waals surface area contributed by atoms with E-state index in [-0.39, 0.29) is 11.6 Å². The van der Waals surface area contributed by atoms with Crippen molar-refractivity contribution in [3.63, 3.8) is 0 Å². The minimum Gasteiger partial charge on any atom is -0.397 e. The number of nitrogen functional groups attached to an aromatic ring is 1. The van der Waals surface area contributed by atoms with E-state index in [4.69, 9.17) is 5.73 Å². The molecule has 3 N–H and O–H groups in total. The number of hydrogen-bond acceptors (Lipinski definition) is 6. The van der Waals surface area contributed by atoms with E-state index in [1.807, 2.05) is 0 Å². The fraction of sp³-hybridized carbons (Fsp3) is 0.0909. The van der Waals surface area contributed by atoms with Gasteiger partial charge in [0.25, 0.3) is 5.91 Å². The van der Waals surface area contributed by atoms with E-state index in [1.165, 1.54) is 11.8 Å². The van der Waals surface area contributed by atoms with Crippen LogP contribution in [0.4, 0.5) is 5.69 Å². The van der Waals surface area contributed by atoms with Crippen LogP contribution >= 0.6 is 11.8 Å². The molecule has 0 saturated heterocycles. The Morgan fingerprint density at radius 1 is 1.33 bits per heavy atom. The summed E-state index contributed by atoms with van der Waals surface area (Å²) in [5.41, 5.74) is 6.64. The molecule has 2 aromatic heterocycles. The lowest BCUT2D eigenvalue weighted by Gasteiger charge is -2.03. The van der Waals surface area contributed by atoms with Gasteiger partial charge in [0.05, 0.1) is 11.9 Å². The van der Waals surface area contributed by atoms with Gasteiger partial charge in [0.2, 0.25) is 0 Å². The molecular formula is C11H11N5OS. The predicted molar refractivity (Wildman–Crippen MR) is 68.2 cm³/mol. The third-order valence-electron chi connectivity index (χ3n) is 2.12. The highest BCUT2D eigenvalue weighted by molar-refractivity contribution is 7.99. The highest BCUT2D eigenvalue weighted by Crippen LogP contribution is 2.29. The van der Waals surface area contributed by atoms with E-state index < -0.39 is 0 Å². The van der Waals surface area contributed by atoms with Crippen LogP contribution in [0.25, 0.3) is 0 Å². The summed E-state index contributed by atoms with van der Waals surface area (Å²) in [6.07, 6.45) is 3.24. The summed E-state index contributed by atoms with van der Waals surface area (Å²) in [6.45, 7) is 0. The Balaban J connectivity index is 2.16. The van der Waals surface area contributed by atoms with Crippen molar-refractivity contribution in [3.05, 3.63) is 36.3 Å². The van der Waals surface area contributed by atoms with Crippen molar-refractivity contribution in [1.29, 1.82) is 0 Å². The molecule has 2 aromatic rings. The van der Waals surface area contributed by atoms with Gasteiger partial charge in [-0.3, -0.25) is 9.78 Å². The number of hydrogen-bond donors (Lipinski definition) is 2. The molecule has 0 aromatic carbocycles. The van der Waals surface area contributed by atoms with E-state index in [0.717, 1.165) is 4.90 Å². The number of amides is 1. The Morgan fingerprint density at radius 2 is 2.17 bits per heavy atom. The van der Waals surface area contributed by atoms with Crippen LogP contribution in [-0.4, -0.2) is 28.1 Å². The molecule has 1 amide bonds. The van der Waals surface area contributed by atoms with Gasteiger partial charge in [0.1, 0.15) is 5.03 Å². The van der Waals surface area contributed by atoms with Gasteiger partial charge in [-0.15, -0.1) is 10.2 Å². The van der Waals surface area contributed by atoms with E-state index in [1.54, 1.807) is 37.6 Å². The van der Waals surface area contributed by atoms with Crippen molar-refractivity contribution in [2.45, 2.75) is 9.92 Å². The molecular weight excluding hydrogens is 250 g/mol. The summed E-state index contributed by atoms with van der Waals surface area (Å²) in [5.74, 6) is -0.262. The zero-order valence-electron chi connectivity index (χ0n) is 9.62. The van der Waals surface area contributed by atoms with E-state index >= 15 is 0 Å². The number of aromatic nitrogens is 3. The fourth-order valence-electron chi connectivity index (χ4n) is 1.22. The first-order valence-corrected chi connectivity index (χ1v) is 5.95. The van der Waals surface area contributed by atoms with Crippen molar-refractivity contribution in [1.82, 2.24) is 20.5 Å². The number of carbonyl (C=O) groups excluding carboxylic acids is 1. The minimum absolute atomic E-state index is 0.262. The monoisotopic (exact) mass is 261 g/mol. The maximum Gasteiger partial charge on any atom is 0.271 e. The molecule has 0 radical (unpaired) electrons. The Labute approximate surface area is 108 Å². The molecule has 18 heavy (non-hydrogen) atoms. The zero-order chi connectivity index (χ0) is 13.0. The molecule has 0 fully saturated rings. The standard InChI is InChI=1S/C11H11N5OS/c1-13-11(17)8-2-3-10(16-15-8)18-9-4-5-14-6-7(9)12/h2-6H,12H2,1H3,(H,13,17). The average Bonchev–Trinajstić information content (AvgIpc) is 2.41. The molecule has 6 nitrogen and oxygen atoms in total. The first-order valence-electron chi connectivity index (χ1n) is 5.14. The van der Waals surface area contributed by atoms with Crippen molar-refractivity contribution >= 4 is 23.4 Å². The van der Waals surface area contributed by atoms with Crippen molar-refractivity contribution in [2.24, 2.45) is 0 Å². The topological polar surface area (TPSA) is 93.8 Å². The van der Waals surface area contributed by atoms with Crippen molar-refractivity contribution < 1.29 is 4.79 Å². The highest BCUT2D eigenvalue weighted by Gasteiger charge is 2.07. The SMILES string of the molecule is CNC(=O)c1ccc(Sc2ccncc2N)nn1. The van der Waals surface area contributed by atoms with Gasteiger partial charge in [-0.05, 0) is 18.2 Å². The highest BCUT2D eigenvalue weighted by atomic mass is 32.2. The number of nitrogens with zero attached hydrogens (tertiary/aromatic N) is 3. The second-order valence-corrected chi connectivity index (χ2v) is 4.41. The Bertz CT molecular complexity index is 558. The first kappa shape index (κ1) is 12.3. The maximum absolute atomic E-state index is 11.3. The average molecular weight is 261 g/mol. The summed E-state index contributed by atoms with van der Waals surface area (Å²) in [6, 6.07) is 5.14.